The molecule has 0 saturated heterocycles. The summed E-state index contributed by atoms with van der Waals surface area (Å²) in [6.45, 7) is 0. The Kier molecular flexibility index (Phi) is 2.91. The van der Waals surface area contributed by atoms with Gasteiger partial charge in [0.2, 0.25) is 5.91 Å². The van der Waals surface area contributed by atoms with Crippen molar-refractivity contribution in [1.29, 1.82) is 0 Å². The Morgan fingerprint density at radius 3 is 2.22 bits per heavy atom. The monoisotopic (exact) mass is 302 g/mol. The minimum absolute atomic E-state index is 0.0895. The molecule has 0 spiro atoms. The van der Waals surface area contributed by atoms with Crippen LogP contribution in [0.3, 0.4) is 0 Å². The second-order valence-electron chi connectivity index (χ2n) is 6.00. The third-order valence-electron chi connectivity index (χ3n) is 4.83. The number of aryl methyl sites for hydroxylation is 1. The zero-order chi connectivity index (χ0) is 16.0. The molecule has 0 saturated carbocycles. The van der Waals surface area contributed by atoms with Crippen molar-refractivity contribution in [1.82, 2.24) is 4.57 Å². The van der Waals surface area contributed by atoms with Crippen molar-refractivity contribution in [2.24, 2.45) is 7.05 Å². The highest BCUT2D eigenvalue weighted by Crippen LogP contribution is 2.49. The molecular formula is C20H18N2O. The van der Waals surface area contributed by atoms with Gasteiger partial charge in [-0.3, -0.25) is 4.79 Å². The minimum atomic E-state index is -0.787. The normalized spacial score (nSPS) is 19.9. The molecule has 1 aliphatic rings. The van der Waals surface area contributed by atoms with Gasteiger partial charge in [-0.2, -0.15) is 0 Å². The third-order valence-corrected chi connectivity index (χ3v) is 4.83. The highest BCUT2D eigenvalue weighted by Gasteiger charge is 2.53. The molecule has 0 fully saturated rings. The maximum atomic E-state index is 13.4. The molecule has 3 heteroatoms. The smallest absolute Gasteiger partial charge is 0.248 e. The maximum absolute atomic E-state index is 13.4. The average molecular weight is 302 g/mol. The fourth-order valence-electron chi connectivity index (χ4n) is 3.77. The van der Waals surface area contributed by atoms with Crippen LogP contribution in [0.5, 0.6) is 0 Å². The zero-order valence-electron chi connectivity index (χ0n) is 13.2. The summed E-state index contributed by atoms with van der Waals surface area (Å²) in [5.74, 6) is 0.0895. The van der Waals surface area contributed by atoms with Crippen LogP contribution in [0.25, 0.3) is 0 Å². The van der Waals surface area contributed by atoms with Crippen molar-refractivity contribution in [3.63, 3.8) is 0 Å². The van der Waals surface area contributed by atoms with E-state index < -0.39 is 5.41 Å². The lowest BCUT2D eigenvalue weighted by Gasteiger charge is -2.30. The van der Waals surface area contributed by atoms with E-state index in [0.29, 0.717) is 0 Å². The molecule has 2 aromatic carbocycles. The number of nitrogens with zero attached hydrogens (tertiary/aromatic N) is 2. The number of aromatic nitrogens is 1. The Morgan fingerprint density at radius 2 is 1.52 bits per heavy atom. The van der Waals surface area contributed by atoms with Crippen LogP contribution in [-0.2, 0) is 17.3 Å². The number of hydrogen-bond acceptors (Lipinski definition) is 1. The molecule has 1 atom stereocenters. The number of rotatable bonds is 2. The van der Waals surface area contributed by atoms with Crippen LogP contribution in [-0.4, -0.2) is 17.5 Å². The van der Waals surface area contributed by atoms with Crippen molar-refractivity contribution in [3.05, 3.63) is 89.7 Å². The van der Waals surface area contributed by atoms with Crippen LogP contribution < -0.4 is 4.90 Å². The second-order valence-corrected chi connectivity index (χ2v) is 6.00. The predicted octanol–water partition coefficient (Wildman–Crippen LogP) is 3.34. The number of hydrogen-bond donors (Lipinski definition) is 0. The van der Waals surface area contributed by atoms with Gasteiger partial charge in [0, 0.05) is 37.2 Å². The van der Waals surface area contributed by atoms with Crippen LogP contribution in [0, 0.1) is 0 Å². The van der Waals surface area contributed by atoms with Gasteiger partial charge in [0.05, 0.1) is 0 Å². The minimum Gasteiger partial charge on any atom is -0.353 e. The van der Waals surface area contributed by atoms with E-state index in [1.54, 1.807) is 4.90 Å². The van der Waals surface area contributed by atoms with Gasteiger partial charge in [-0.15, -0.1) is 0 Å². The number of amides is 1. The summed E-state index contributed by atoms with van der Waals surface area (Å²) in [5.41, 5.74) is 3.22. The first-order chi connectivity index (χ1) is 11.2. The zero-order valence-corrected chi connectivity index (χ0v) is 13.2. The topological polar surface area (TPSA) is 25.2 Å². The van der Waals surface area contributed by atoms with E-state index in [0.717, 1.165) is 22.5 Å². The quantitative estimate of drug-likeness (QED) is 0.713. The van der Waals surface area contributed by atoms with Gasteiger partial charge >= 0.3 is 0 Å². The summed E-state index contributed by atoms with van der Waals surface area (Å²) in [7, 11) is 3.85. The Labute approximate surface area is 135 Å². The number of likely N-dealkylation sites (N-methyl/N-ethyl adjacent to an activating group) is 1. The molecule has 1 aliphatic heterocycles. The van der Waals surface area contributed by atoms with Gasteiger partial charge in [0.15, 0.2) is 0 Å². The third kappa shape index (κ3) is 1.67. The molecule has 0 radical (unpaired) electrons. The van der Waals surface area contributed by atoms with Crippen LogP contribution >= 0.6 is 0 Å². The first kappa shape index (κ1) is 13.8. The van der Waals surface area contributed by atoms with Gasteiger partial charge in [-0.1, -0.05) is 48.5 Å². The van der Waals surface area contributed by atoms with Crippen LogP contribution in [0.15, 0.2) is 72.9 Å². The van der Waals surface area contributed by atoms with Crippen LogP contribution in [0.1, 0.15) is 16.8 Å². The summed E-state index contributed by atoms with van der Waals surface area (Å²) in [6, 6.07) is 22.2. The van der Waals surface area contributed by atoms with Crippen molar-refractivity contribution in [2.75, 3.05) is 11.9 Å². The Balaban J connectivity index is 2.14. The molecule has 23 heavy (non-hydrogen) atoms. The van der Waals surface area contributed by atoms with Crippen molar-refractivity contribution < 1.29 is 4.79 Å². The Bertz CT molecular complexity index is 881. The van der Waals surface area contributed by atoms with Crippen molar-refractivity contribution >= 4 is 11.6 Å². The molecule has 114 valence electrons. The van der Waals surface area contributed by atoms with E-state index in [-0.39, 0.29) is 5.91 Å². The number of anilines is 1. The molecule has 3 aromatic rings. The molecule has 0 N–H and O–H groups in total. The van der Waals surface area contributed by atoms with Crippen molar-refractivity contribution in [3.8, 4) is 0 Å². The van der Waals surface area contributed by atoms with Crippen molar-refractivity contribution in [2.45, 2.75) is 5.41 Å². The van der Waals surface area contributed by atoms with Gasteiger partial charge in [0.25, 0.3) is 0 Å². The molecule has 1 amide bonds. The van der Waals surface area contributed by atoms with E-state index in [9.17, 15) is 4.79 Å². The molecule has 4 rings (SSSR count). The maximum Gasteiger partial charge on any atom is 0.248 e. The molecule has 1 aromatic heterocycles. The van der Waals surface area contributed by atoms with Crippen LogP contribution in [0.4, 0.5) is 5.69 Å². The van der Waals surface area contributed by atoms with Gasteiger partial charge in [-0.25, -0.2) is 0 Å². The first-order valence-corrected chi connectivity index (χ1v) is 7.72. The fraction of sp³-hybridized carbons (Fsp3) is 0.150. The van der Waals surface area contributed by atoms with E-state index in [1.165, 1.54) is 0 Å². The Hall–Kier alpha value is -2.81. The second kappa shape index (κ2) is 4.85. The summed E-state index contributed by atoms with van der Waals surface area (Å²) >= 11 is 0. The number of carbonyl (C=O) groups is 1. The van der Waals surface area contributed by atoms with Gasteiger partial charge < -0.3 is 9.47 Å². The standard InChI is InChI=1S/C20H18N2O/c1-21-14-8-13-18(21)20(15-9-4-3-5-10-15)16-11-6-7-12-17(16)22(2)19(20)23/h3-14H,1-2H3. The predicted molar refractivity (Wildman–Crippen MR) is 91.6 cm³/mol. The highest BCUT2D eigenvalue weighted by atomic mass is 16.2. The number of fused-ring (bicyclic) bond motifs is 1. The summed E-state index contributed by atoms with van der Waals surface area (Å²) in [6.07, 6.45) is 1.99. The lowest BCUT2D eigenvalue weighted by atomic mass is 9.72. The van der Waals surface area contributed by atoms with Gasteiger partial charge in [-0.05, 0) is 23.8 Å². The summed E-state index contributed by atoms with van der Waals surface area (Å²) in [5, 5.41) is 0. The van der Waals surface area contributed by atoms with E-state index in [1.807, 2.05) is 85.5 Å². The summed E-state index contributed by atoms with van der Waals surface area (Å²) < 4.78 is 2.04. The summed E-state index contributed by atoms with van der Waals surface area (Å²) in [4.78, 5) is 15.2. The SMILES string of the molecule is CN1C(=O)C(c2ccccc2)(c2cccn2C)c2ccccc21. The lowest BCUT2D eigenvalue weighted by molar-refractivity contribution is -0.120. The highest BCUT2D eigenvalue weighted by molar-refractivity contribution is 6.12. The largest absolute Gasteiger partial charge is 0.353 e. The van der Waals surface area contributed by atoms with E-state index >= 15 is 0 Å². The molecule has 3 nitrogen and oxygen atoms in total. The number of carbonyl (C=O) groups excluding carboxylic acids is 1. The first-order valence-electron chi connectivity index (χ1n) is 7.72. The molecule has 1 unspecified atom stereocenters. The average Bonchev–Trinajstić information content (AvgIpc) is 3.11. The van der Waals surface area contributed by atoms with E-state index in [4.69, 9.17) is 0 Å². The van der Waals surface area contributed by atoms with Gasteiger partial charge in [0.1, 0.15) is 5.41 Å². The fourth-order valence-corrected chi connectivity index (χ4v) is 3.77. The van der Waals surface area contributed by atoms with Crippen LogP contribution in [0.2, 0.25) is 0 Å². The molecule has 0 aliphatic carbocycles. The van der Waals surface area contributed by atoms with E-state index in [2.05, 4.69) is 6.07 Å². The number of benzene rings is 2. The number of para-hydroxylation sites is 1. The molecule has 0 bridgehead atoms. The lowest BCUT2D eigenvalue weighted by Crippen LogP contribution is -2.41. The Morgan fingerprint density at radius 1 is 0.826 bits per heavy atom. The molecule has 2 heterocycles. The molecular weight excluding hydrogens is 284 g/mol.